The Bertz CT molecular complexity index is 1370. The van der Waals surface area contributed by atoms with Crippen molar-refractivity contribution in [1.82, 2.24) is 10.2 Å². The minimum atomic E-state index is -0.705. The Balaban J connectivity index is 1.44. The van der Waals surface area contributed by atoms with Gasteiger partial charge in [-0.1, -0.05) is 24.3 Å². The number of anilines is 1. The molecule has 0 aliphatic carbocycles. The highest BCUT2D eigenvalue weighted by molar-refractivity contribution is 9.11. The average Bonchev–Trinajstić information content (AvgIpc) is 3.12. The molecule has 0 spiro atoms. The number of benzene rings is 3. The molecule has 3 aromatic rings. The summed E-state index contributed by atoms with van der Waals surface area (Å²) in [5.74, 6) is -0.545. The Morgan fingerprint density at radius 3 is 2.43 bits per heavy atom. The van der Waals surface area contributed by atoms with Crippen LogP contribution in [-0.4, -0.2) is 36.4 Å². The molecule has 0 saturated carbocycles. The van der Waals surface area contributed by atoms with Crippen molar-refractivity contribution in [3.8, 4) is 11.5 Å². The van der Waals surface area contributed by atoms with Gasteiger partial charge >= 0.3 is 6.03 Å². The number of para-hydroxylation sites is 2. The van der Waals surface area contributed by atoms with Crippen molar-refractivity contribution in [3.05, 3.63) is 92.3 Å². The third-order valence-electron chi connectivity index (χ3n) is 5.27. The molecule has 8 nitrogen and oxygen atoms in total. The van der Waals surface area contributed by atoms with Crippen LogP contribution < -0.4 is 20.1 Å². The van der Waals surface area contributed by atoms with E-state index in [1.807, 2.05) is 0 Å². The van der Waals surface area contributed by atoms with Gasteiger partial charge in [-0.25, -0.2) is 14.1 Å². The maximum Gasteiger partial charge on any atom is 0.329 e. The zero-order chi connectivity index (χ0) is 26.5. The van der Waals surface area contributed by atoms with Gasteiger partial charge in [-0.15, -0.1) is 0 Å². The van der Waals surface area contributed by atoms with Gasteiger partial charge in [0.2, 0.25) is 5.91 Å². The Morgan fingerprint density at radius 1 is 1.08 bits per heavy atom. The third-order valence-corrected chi connectivity index (χ3v) is 6.45. The van der Waals surface area contributed by atoms with Crippen LogP contribution in [0, 0.1) is 5.82 Å². The van der Waals surface area contributed by atoms with Crippen LogP contribution in [0.1, 0.15) is 11.1 Å². The fourth-order valence-electron chi connectivity index (χ4n) is 3.50. The summed E-state index contributed by atoms with van der Waals surface area (Å²) in [5, 5.41) is 5.14. The first-order valence-electron chi connectivity index (χ1n) is 10.9. The molecular weight excluding hydrogens is 613 g/mol. The van der Waals surface area contributed by atoms with Gasteiger partial charge in [-0.05, 0) is 85.5 Å². The molecule has 0 bridgehead atoms. The molecule has 1 aliphatic rings. The number of ether oxygens (including phenoxy) is 2. The maximum absolute atomic E-state index is 13.1. The quantitative estimate of drug-likeness (QED) is 0.254. The number of carbonyl (C=O) groups is 3. The van der Waals surface area contributed by atoms with Crippen LogP contribution in [0.3, 0.4) is 0 Å². The van der Waals surface area contributed by atoms with E-state index in [0.717, 1.165) is 10.5 Å². The average molecular weight is 633 g/mol. The molecule has 0 atom stereocenters. The molecule has 1 saturated heterocycles. The first-order chi connectivity index (χ1) is 17.7. The normalized spacial score (nSPS) is 14.1. The van der Waals surface area contributed by atoms with Gasteiger partial charge in [0.15, 0.2) is 0 Å². The lowest BCUT2D eigenvalue weighted by molar-refractivity contribution is -0.127. The van der Waals surface area contributed by atoms with Crippen molar-refractivity contribution in [2.24, 2.45) is 0 Å². The summed E-state index contributed by atoms with van der Waals surface area (Å²) in [6.45, 7) is -0.248. The first kappa shape index (κ1) is 26.4. The van der Waals surface area contributed by atoms with Crippen molar-refractivity contribution in [2.75, 3.05) is 19.0 Å². The molecule has 3 aromatic carbocycles. The molecule has 0 unspecified atom stereocenters. The molecule has 1 fully saturated rings. The Morgan fingerprint density at radius 2 is 1.76 bits per heavy atom. The second-order valence-electron chi connectivity index (χ2n) is 7.86. The van der Waals surface area contributed by atoms with Crippen molar-refractivity contribution in [3.63, 3.8) is 0 Å². The van der Waals surface area contributed by atoms with E-state index >= 15 is 0 Å². The second kappa shape index (κ2) is 11.6. The number of nitrogens with zero attached hydrogens (tertiary/aromatic N) is 1. The van der Waals surface area contributed by atoms with Gasteiger partial charge in [0.1, 0.15) is 36.2 Å². The van der Waals surface area contributed by atoms with Crippen LogP contribution in [-0.2, 0) is 16.2 Å². The minimum absolute atomic E-state index is 0.0221. The summed E-state index contributed by atoms with van der Waals surface area (Å²) in [6, 6.07) is 15.5. The van der Waals surface area contributed by atoms with E-state index in [9.17, 15) is 18.8 Å². The molecule has 37 heavy (non-hydrogen) atoms. The van der Waals surface area contributed by atoms with E-state index in [4.69, 9.17) is 9.47 Å². The number of methoxy groups -OCH3 is 1. The molecule has 2 N–H and O–H groups in total. The van der Waals surface area contributed by atoms with Crippen LogP contribution in [0.2, 0.25) is 0 Å². The van der Waals surface area contributed by atoms with Crippen LogP contribution in [0.4, 0.5) is 14.9 Å². The Hall–Kier alpha value is -3.70. The molecule has 1 aliphatic heterocycles. The number of nitrogens with one attached hydrogen (secondary N) is 2. The smallest absolute Gasteiger partial charge is 0.329 e. The topological polar surface area (TPSA) is 97.0 Å². The summed E-state index contributed by atoms with van der Waals surface area (Å²) in [5.41, 5.74) is 1.83. The minimum Gasteiger partial charge on any atom is -0.495 e. The molecule has 4 rings (SSSR count). The molecule has 1 heterocycles. The van der Waals surface area contributed by atoms with Gasteiger partial charge in [-0.3, -0.25) is 9.59 Å². The van der Waals surface area contributed by atoms with Crippen LogP contribution in [0.25, 0.3) is 6.08 Å². The molecular formula is C26H20Br2FN3O5. The number of halogens is 3. The van der Waals surface area contributed by atoms with Crippen LogP contribution in [0.15, 0.2) is 75.3 Å². The Labute approximate surface area is 228 Å². The monoisotopic (exact) mass is 631 g/mol. The lowest BCUT2D eigenvalue weighted by Crippen LogP contribution is -2.38. The fraction of sp³-hybridized carbons (Fsp3) is 0.115. The van der Waals surface area contributed by atoms with Gasteiger partial charge in [-0.2, -0.15) is 0 Å². The maximum atomic E-state index is 13.1. The number of rotatable bonds is 8. The molecule has 190 valence electrons. The lowest BCUT2D eigenvalue weighted by atomic mass is 10.2. The molecule has 0 radical (unpaired) electrons. The number of hydrogen-bond donors (Lipinski definition) is 2. The number of imide groups is 1. The van der Waals surface area contributed by atoms with E-state index < -0.39 is 24.4 Å². The highest BCUT2D eigenvalue weighted by Crippen LogP contribution is 2.36. The predicted octanol–water partition coefficient (Wildman–Crippen LogP) is 5.47. The molecule has 4 amide bonds. The highest BCUT2D eigenvalue weighted by atomic mass is 79.9. The summed E-state index contributed by atoms with van der Waals surface area (Å²) in [6.07, 6.45) is 1.50. The fourth-order valence-corrected chi connectivity index (χ4v) is 4.95. The number of hydrogen-bond acceptors (Lipinski definition) is 5. The van der Waals surface area contributed by atoms with Gasteiger partial charge in [0.05, 0.1) is 21.7 Å². The molecule has 0 aromatic heterocycles. The van der Waals surface area contributed by atoms with Crippen molar-refractivity contribution >= 4 is 61.5 Å². The predicted molar refractivity (Wildman–Crippen MR) is 142 cm³/mol. The van der Waals surface area contributed by atoms with E-state index in [2.05, 4.69) is 42.5 Å². The summed E-state index contributed by atoms with van der Waals surface area (Å²) in [7, 11) is 1.47. The number of amides is 4. The lowest BCUT2D eigenvalue weighted by Gasteiger charge is -2.13. The van der Waals surface area contributed by atoms with Crippen LogP contribution >= 0.6 is 31.9 Å². The summed E-state index contributed by atoms with van der Waals surface area (Å²) >= 11 is 6.91. The zero-order valence-corrected chi connectivity index (χ0v) is 22.6. The van der Waals surface area contributed by atoms with E-state index in [-0.39, 0.29) is 18.1 Å². The second-order valence-corrected chi connectivity index (χ2v) is 9.57. The van der Waals surface area contributed by atoms with E-state index in [1.165, 1.54) is 25.3 Å². The van der Waals surface area contributed by atoms with Gasteiger partial charge in [0, 0.05) is 0 Å². The number of carbonyl (C=O) groups excluding carboxylic acids is 3. The van der Waals surface area contributed by atoms with Crippen molar-refractivity contribution < 1.29 is 28.2 Å². The summed E-state index contributed by atoms with van der Waals surface area (Å²) in [4.78, 5) is 38.6. The highest BCUT2D eigenvalue weighted by Gasteiger charge is 2.35. The largest absolute Gasteiger partial charge is 0.495 e. The number of urea groups is 1. The SMILES string of the molecule is COc1ccccc1NC(=O)CN1C(=O)N/C(=C/c2cc(Br)c(OCc3ccc(F)cc3)c(Br)c2)C1=O. The Kier molecular flexibility index (Phi) is 8.24. The molecule has 11 heteroatoms. The van der Waals surface area contributed by atoms with E-state index in [0.29, 0.717) is 31.7 Å². The standard InChI is InChI=1S/C26H20Br2FN3O5/c1-36-22-5-3-2-4-20(22)30-23(33)13-32-25(34)21(31-26(32)35)12-16-10-18(27)24(19(28)11-16)37-14-15-6-8-17(29)9-7-15/h2-12H,13-14H2,1H3,(H,30,33)(H,31,35)/b21-12+. The third kappa shape index (κ3) is 6.36. The van der Waals surface area contributed by atoms with Crippen molar-refractivity contribution in [2.45, 2.75) is 6.61 Å². The van der Waals surface area contributed by atoms with E-state index in [1.54, 1.807) is 48.5 Å². The first-order valence-corrected chi connectivity index (χ1v) is 12.5. The summed E-state index contributed by atoms with van der Waals surface area (Å²) < 4.78 is 25.3. The van der Waals surface area contributed by atoms with Crippen molar-refractivity contribution in [1.29, 1.82) is 0 Å². The zero-order valence-electron chi connectivity index (χ0n) is 19.4. The van der Waals surface area contributed by atoms with Gasteiger partial charge in [0.25, 0.3) is 5.91 Å². The van der Waals surface area contributed by atoms with Gasteiger partial charge < -0.3 is 20.1 Å². The van der Waals surface area contributed by atoms with Crippen LogP contribution in [0.5, 0.6) is 11.5 Å².